The second kappa shape index (κ2) is 5.97. The summed E-state index contributed by atoms with van der Waals surface area (Å²) in [5.74, 6) is 1.77. The molecule has 0 aromatic carbocycles. The van der Waals surface area contributed by atoms with Crippen LogP contribution in [0, 0.1) is 13.8 Å². The van der Waals surface area contributed by atoms with Crippen LogP contribution in [0.3, 0.4) is 0 Å². The minimum atomic E-state index is -0.159. The Bertz CT molecular complexity index is 631. The summed E-state index contributed by atoms with van der Waals surface area (Å²) in [5, 5.41) is 0. The first-order valence-corrected chi connectivity index (χ1v) is 7.83. The van der Waals surface area contributed by atoms with E-state index in [0.29, 0.717) is 24.1 Å². The van der Waals surface area contributed by atoms with Gasteiger partial charge in [-0.05, 0) is 13.8 Å². The van der Waals surface area contributed by atoms with Crippen LogP contribution in [0.4, 0.5) is 5.82 Å². The number of aromatic nitrogens is 3. The molecule has 0 unspecified atom stereocenters. The molecule has 114 valence electrons. The number of hydrogen-bond donors (Lipinski definition) is 1. The number of nitrogens with zero attached hydrogens (tertiary/aromatic N) is 3. The molecule has 0 aliphatic heterocycles. The molecule has 2 rings (SSSR count). The molecule has 2 aromatic heterocycles. The van der Waals surface area contributed by atoms with E-state index in [1.807, 2.05) is 19.4 Å². The Kier molecular flexibility index (Phi) is 4.46. The zero-order valence-corrected chi connectivity index (χ0v) is 14.0. The second-order valence-electron chi connectivity index (χ2n) is 6.07. The first-order chi connectivity index (χ1) is 9.79. The highest BCUT2D eigenvalue weighted by molar-refractivity contribution is 7.09. The zero-order chi connectivity index (χ0) is 15.6. The van der Waals surface area contributed by atoms with E-state index in [1.54, 1.807) is 11.3 Å². The van der Waals surface area contributed by atoms with Crippen molar-refractivity contribution in [1.82, 2.24) is 15.0 Å². The fourth-order valence-corrected chi connectivity index (χ4v) is 2.56. The summed E-state index contributed by atoms with van der Waals surface area (Å²) in [6.45, 7) is 10.6. The fraction of sp³-hybridized carbons (Fsp3) is 0.533. The topological polar surface area (TPSA) is 73.9 Å². The lowest BCUT2D eigenvalue weighted by Crippen LogP contribution is -2.19. The van der Waals surface area contributed by atoms with Gasteiger partial charge in [-0.2, -0.15) is 4.98 Å². The van der Waals surface area contributed by atoms with E-state index >= 15 is 0 Å². The number of hydrogen-bond acceptors (Lipinski definition) is 6. The normalized spacial score (nSPS) is 11.7. The SMILES string of the molecule is Cc1ncsc1CCOc1nc(C(C)(C)C)nc(N)c1C. The van der Waals surface area contributed by atoms with Crippen molar-refractivity contribution >= 4 is 17.2 Å². The van der Waals surface area contributed by atoms with Gasteiger partial charge < -0.3 is 10.5 Å². The Morgan fingerprint density at radius 2 is 1.95 bits per heavy atom. The van der Waals surface area contributed by atoms with Crippen LogP contribution in [-0.4, -0.2) is 21.6 Å². The van der Waals surface area contributed by atoms with Crippen LogP contribution in [0.5, 0.6) is 5.88 Å². The number of rotatable bonds is 4. The summed E-state index contributed by atoms with van der Waals surface area (Å²) in [4.78, 5) is 14.4. The zero-order valence-electron chi connectivity index (χ0n) is 13.2. The molecule has 0 saturated carbocycles. The molecule has 0 bridgehead atoms. The Morgan fingerprint density at radius 1 is 1.24 bits per heavy atom. The maximum absolute atomic E-state index is 5.97. The van der Waals surface area contributed by atoms with Crippen molar-refractivity contribution in [2.24, 2.45) is 0 Å². The van der Waals surface area contributed by atoms with Crippen LogP contribution in [0.2, 0.25) is 0 Å². The Morgan fingerprint density at radius 3 is 2.52 bits per heavy atom. The molecule has 0 saturated heterocycles. The third-order valence-corrected chi connectivity index (χ3v) is 4.22. The van der Waals surface area contributed by atoms with Crippen molar-refractivity contribution in [1.29, 1.82) is 0 Å². The molecule has 0 radical (unpaired) electrons. The summed E-state index contributed by atoms with van der Waals surface area (Å²) in [5.41, 5.74) is 9.53. The van der Waals surface area contributed by atoms with Crippen LogP contribution >= 0.6 is 11.3 Å². The van der Waals surface area contributed by atoms with E-state index in [0.717, 1.165) is 17.7 Å². The maximum atomic E-state index is 5.97. The summed E-state index contributed by atoms with van der Waals surface area (Å²) in [6.07, 6.45) is 0.824. The highest BCUT2D eigenvalue weighted by Gasteiger charge is 2.21. The number of ether oxygens (including phenoxy) is 1. The smallest absolute Gasteiger partial charge is 0.221 e. The van der Waals surface area contributed by atoms with Crippen LogP contribution in [-0.2, 0) is 11.8 Å². The average Bonchev–Trinajstić information content (AvgIpc) is 2.79. The molecule has 2 heterocycles. The molecule has 21 heavy (non-hydrogen) atoms. The number of aryl methyl sites for hydroxylation is 1. The van der Waals surface area contributed by atoms with E-state index in [2.05, 4.69) is 35.7 Å². The highest BCUT2D eigenvalue weighted by atomic mass is 32.1. The van der Waals surface area contributed by atoms with E-state index in [-0.39, 0.29) is 5.41 Å². The van der Waals surface area contributed by atoms with Gasteiger partial charge in [0.1, 0.15) is 11.6 Å². The van der Waals surface area contributed by atoms with Gasteiger partial charge in [0.15, 0.2) is 0 Å². The average molecular weight is 306 g/mol. The summed E-state index contributed by atoms with van der Waals surface area (Å²) < 4.78 is 5.83. The quantitative estimate of drug-likeness (QED) is 0.939. The molecule has 0 fully saturated rings. The summed E-state index contributed by atoms with van der Waals surface area (Å²) >= 11 is 1.65. The molecule has 0 amide bonds. The Hall–Kier alpha value is -1.69. The van der Waals surface area contributed by atoms with Gasteiger partial charge in [-0.3, -0.25) is 0 Å². The number of nitrogen functional groups attached to an aromatic ring is 1. The minimum absolute atomic E-state index is 0.159. The molecular weight excluding hydrogens is 284 g/mol. The standard InChI is InChI=1S/C15H22N4OS/c1-9-12(16)18-14(15(3,4)5)19-13(9)20-7-6-11-10(2)17-8-21-11/h8H,6-7H2,1-5H3,(H2,16,18,19). The Balaban J connectivity index is 2.12. The van der Waals surface area contributed by atoms with Gasteiger partial charge in [0.05, 0.1) is 23.4 Å². The molecule has 5 nitrogen and oxygen atoms in total. The molecular formula is C15H22N4OS. The van der Waals surface area contributed by atoms with Crippen molar-refractivity contribution in [2.75, 3.05) is 12.3 Å². The molecule has 0 spiro atoms. The molecule has 0 atom stereocenters. The van der Waals surface area contributed by atoms with E-state index in [9.17, 15) is 0 Å². The highest BCUT2D eigenvalue weighted by Crippen LogP contribution is 2.26. The third kappa shape index (κ3) is 3.69. The fourth-order valence-electron chi connectivity index (χ4n) is 1.80. The molecule has 2 N–H and O–H groups in total. The first-order valence-electron chi connectivity index (χ1n) is 6.95. The van der Waals surface area contributed by atoms with Crippen molar-refractivity contribution in [3.8, 4) is 5.88 Å². The van der Waals surface area contributed by atoms with E-state index < -0.39 is 0 Å². The summed E-state index contributed by atoms with van der Waals surface area (Å²) in [6, 6.07) is 0. The predicted octanol–water partition coefficient (Wildman–Crippen LogP) is 3.05. The van der Waals surface area contributed by atoms with Gasteiger partial charge in [0, 0.05) is 16.7 Å². The predicted molar refractivity (Wildman–Crippen MR) is 85.9 cm³/mol. The van der Waals surface area contributed by atoms with Gasteiger partial charge in [-0.15, -0.1) is 11.3 Å². The third-order valence-electron chi connectivity index (χ3n) is 3.22. The van der Waals surface area contributed by atoms with E-state index in [1.165, 1.54) is 4.88 Å². The van der Waals surface area contributed by atoms with Crippen LogP contribution in [0.15, 0.2) is 5.51 Å². The van der Waals surface area contributed by atoms with Crippen LogP contribution in [0.1, 0.15) is 42.7 Å². The maximum Gasteiger partial charge on any atom is 0.221 e. The van der Waals surface area contributed by atoms with Gasteiger partial charge in [-0.1, -0.05) is 20.8 Å². The monoisotopic (exact) mass is 306 g/mol. The van der Waals surface area contributed by atoms with Gasteiger partial charge >= 0.3 is 0 Å². The lowest BCUT2D eigenvalue weighted by Gasteiger charge is -2.19. The molecule has 2 aromatic rings. The summed E-state index contributed by atoms with van der Waals surface area (Å²) in [7, 11) is 0. The van der Waals surface area contributed by atoms with Crippen molar-refractivity contribution in [3.63, 3.8) is 0 Å². The van der Waals surface area contributed by atoms with Gasteiger partial charge in [0.25, 0.3) is 0 Å². The first kappa shape index (κ1) is 15.7. The molecule has 0 aliphatic carbocycles. The van der Waals surface area contributed by atoms with Crippen LogP contribution in [0.25, 0.3) is 0 Å². The number of thiazole rings is 1. The molecule has 6 heteroatoms. The second-order valence-corrected chi connectivity index (χ2v) is 7.01. The van der Waals surface area contributed by atoms with Gasteiger partial charge in [-0.25, -0.2) is 9.97 Å². The lowest BCUT2D eigenvalue weighted by molar-refractivity contribution is 0.304. The van der Waals surface area contributed by atoms with Crippen LogP contribution < -0.4 is 10.5 Å². The Labute approximate surface area is 129 Å². The van der Waals surface area contributed by atoms with Crippen molar-refractivity contribution in [2.45, 2.75) is 46.5 Å². The van der Waals surface area contributed by atoms with Gasteiger partial charge in [0.2, 0.25) is 5.88 Å². The van der Waals surface area contributed by atoms with Crippen molar-refractivity contribution < 1.29 is 4.74 Å². The largest absolute Gasteiger partial charge is 0.477 e. The lowest BCUT2D eigenvalue weighted by atomic mass is 9.95. The number of nitrogens with two attached hydrogens (primary N) is 1. The number of anilines is 1. The van der Waals surface area contributed by atoms with Crippen molar-refractivity contribution in [3.05, 3.63) is 27.5 Å². The van der Waals surface area contributed by atoms with E-state index in [4.69, 9.17) is 10.5 Å². The minimum Gasteiger partial charge on any atom is -0.477 e. The molecule has 0 aliphatic rings.